The number of carbonyl (C=O) groups excluding carboxylic acids is 1. The summed E-state index contributed by atoms with van der Waals surface area (Å²) in [5, 5.41) is 3.78. The van der Waals surface area contributed by atoms with Crippen LogP contribution in [0.3, 0.4) is 0 Å². The zero-order valence-electron chi connectivity index (χ0n) is 11.8. The number of aromatic nitrogens is 2. The number of nitrogens with two attached hydrogens (primary N) is 1. The number of carbonyl (C=O) groups is 1. The van der Waals surface area contributed by atoms with Crippen LogP contribution in [0.4, 0.5) is 15.9 Å². The molecule has 6 heteroatoms. The molecule has 1 heterocycles. The molecule has 1 amide bonds. The van der Waals surface area contributed by atoms with Crippen LogP contribution in [-0.2, 0) is 0 Å². The number of rotatable bonds is 3. The number of amides is 1. The van der Waals surface area contributed by atoms with Gasteiger partial charge in [-0.2, -0.15) is 0 Å². The number of primary amides is 1. The number of nitrogens with one attached hydrogen (secondary N) is 1. The van der Waals surface area contributed by atoms with Crippen LogP contribution in [0.1, 0.15) is 15.9 Å². The molecule has 0 radical (unpaired) electrons. The Morgan fingerprint density at radius 1 is 1.23 bits per heavy atom. The van der Waals surface area contributed by atoms with E-state index in [9.17, 15) is 9.18 Å². The van der Waals surface area contributed by atoms with Gasteiger partial charge in [-0.3, -0.25) is 4.79 Å². The molecule has 1 aromatic heterocycles. The summed E-state index contributed by atoms with van der Waals surface area (Å²) in [7, 11) is 0. The molecule has 0 saturated carbocycles. The number of para-hydroxylation sites is 1. The molecule has 110 valence electrons. The van der Waals surface area contributed by atoms with E-state index in [1.54, 1.807) is 37.3 Å². The predicted molar refractivity (Wildman–Crippen MR) is 82.5 cm³/mol. The minimum Gasteiger partial charge on any atom is -0.366 e. The summed E-state index contributed by atoms with van der Waals surface area (Å²) in [6, 6.07) is 9.81. The van der Waals surface area contributed by atoms with E-state index in [1.165, 1.54) is 12.4 Å². The summed E-state index contributed by atoms with van der Waals surface area (Å²) in [6.07, 6.45) is 1.35. The molecule has 0 atom stereocenters. The van der Waals surface area contributed by atoms with E-state index in [0.29, 0.717) is 33.5 Å². The highest BCUT2D eigenvalue weighted by molar-refractivity contribution is 6.07. The van der Waals surface area contributed by atoms with Crippen LogP contribution >= 0.6 is 0 Å². The third kappa shape index (κ3) is 2.46. The smallest absolute Gasteiger partial charge is 0.250 e. The molecule has 0 fully saturated rings. The highest BCUT2D eigenvalue weighted by Crippen LogP contribution is 2.25. The van der Waals surface area contributed by atoms with E-state index in [0.717, 1.165) is 0 Å². The number of hydrogen-bond acceptors (Lipinski definition) is 4. The SMILES string of the molecule is Cc1cc(Nc2ncnc3c(C(N)=O)cccc23)ccc1F. The predicted octanol–water partition coefficient (Wildman–Crippen LogP) is 2.92. The van der Waals surface area contributed by atoms with Gasteiger partial charge in [-0.05, 0) is 42.8 Å². The lowest BCUT2D eigenvalue weighted by Crippen LogP contribution is -2.12. The van der Waals surface area contributed by atoms with Crippen LogP contribution in [0.15, 0.2) is 42.7 Å². The number of halogens is 1. The van der Waals surface area contributed by atoms with Crippen molar-refractivity contribution >= 4 is 28.3 Å². The second-order valence-corrected chi connectivity index (χ2v) is 4.88. The lowest BCUT2D eigenvalue weighted by atomic mass is 10.1. The summed E-state index contributed by atoms with van der Waals surface area (Å²) in [5.74, 6) is -0.291. The van der Waals surface area contributed by atoms with Gasteiger partial charge in [0.25, 0.3) is 5.91 Å². The Kier molecular flexibility index (Phi) is 3.42. The van der Waals surface area contributed by atoms with Crippen molar-refractivity contribution in [2.75, 3.05) is 5.32 Å². The van der Waals surface area contributed by atoms with Gasteiger partial charge in [-0.25, -0.2) is 14.4 Å². The maximum absolute atomic E-state index is 13.3. The summed E-state index contributed by atoms with van der Waals surface area (Å²) >= 11 is 0. The first-order valence-electron chi connectivity index (χ1n) is 6.63. The Morgan fingerprint density at radius 3 is 2.77 bits per heavy atom. The fourth-order valence-corrected chi connectivity index (χ4v) is 2.25. The lowest BCUT2D eigenvalue weighted by Gasteiger charge is -2.10. The van der Waals surface area contributed by atoms with E-state index in [2.05, 4.69) is 15.3 Å². The molecule has 0 unspecified atom stereocenters. The standard InChI is InChI=1S/C16H13FN4O/c1-9-7-10(5-6-13(9)17)21-16-12-4-2-3-11(15(18)22)14(12)19-8-20-16/h2-8H,1H3,(H2,18,22)(H,19,20,21). The zero-order valence-corrected chi connectivity index (χ0v) is 11.8. The van der Waals surface area contributed by atoms with Crippen molar-refractivity contribution in [3.63, 3.8) is 0 Å². The molecule has 3 N–H and O–H groups in total. The third-order valence-corrected chi connectivity index (χ3v) is 3.35. The zero-order chi connectivity index (χ0) is 15.7. The molecule has 0 saturated heterocycles. The van der Waals surface area contributed by atoms with Gasteiger partial charge in [0, 0.05) is 11.1 Å². The fourth-order valence-electron chi connectivity index (χ4n) is 2.25. The quantitative estimate of drug-likeness (QED) is 0.778. The Hall–Kier alpha value is -3.02. The Morgan fingerprint density at radius 2 is 2.05 bits per heavy atom. The normalized spacial score (nSPS) is 10.6. The second kappa shape index (κ2) is 5.40. The summed E-state index contributed by atoms with van der Waals surface area (Å²) in [6.45, 7) is 1.68. The monoisotopic (exact) mass is 296 g/mol. The van der Waals surface area contributed by atoms with Crippen molar-refractivity contribution in [3.8, 4) is 0 Å². The summed E-state index contributed by atoms with van der Waals surface area (Å²) < 4.78 is 13.3. The number of hydrogen-bond donors (Lipinski definition) is 2. The fraction of sp³-hybridized carbons (Fsp3) is 0.0625. The molecular weight excluding hydrogens is 283 g/mol. The van der Waals surface area contributed by atoms with Crippen molar-refractivity contribution in [2.24, 2.45) is 5.73 Å². The molecule has 0 aliphatic heterocycles. The Labute approximate surface area is 126 Å². The van der Waals surface area contributed by atoms with Crippen molar-refractivity contribution in [1.29, 1.82) is 0 Å². The molecule has 2 aromatic carbocycles. The van der Waals surface area contributed by atoms with Crippen LogP contribution in [0.5, 0.6) is 0 Å². The van der Waals surface area contributed by atoms with Gasteiger partial charge < -0.3 is 11.1 Å². The van der Waals surface area contributed by atoms with Gasteiger partial charge in [-0.15, -0.1) is 0 Å². The number of anilines is 2. The molecule has 3 rings (SSSR count). The highest BCUT2D eigenvalue weighted by atomic mass is 19.1. The number of fused-ring (bicyclic) bond motifs is 1. The van der Waals surface area contributed by atoms with Crippen LogP contribution < -0.4 is 11.1 Å². The molecular formula is C16H13FN4O. The molecule has 0 aliphatic carbocycles. The highest BCUT2D eigenvalue weighted by Gasteiger charge is 2.11. The summed E-state index contributed by atoms with van der Waals surface area (Å²) in [5.41, 5.74) is 7.39. The molecule has 0 aliphatic rings. The van der Waals surface area contributed by atoms with E-state index in [-0.39, 0.29) is 5.82 Å². The summed E-state index contributed by atoms with van der Waals surface area (Å²) in [4.78, 5) is 19.8. The maximum atomic E-state index is 13.3. The number of nitrogens with zero attached hydrogens (tertiary/aromatic N) is 2. The van der Waals surface area contributed by atoms with E-state index < -0.39 is 5.91 Å². The third-order valence-electron chi connectivity index (χ3n) is 3.35. The van der Waals surface area contributed by atoms with E-state index in [4.69, 9.17) is 5.73 Å². The molecule has 5 nitrogen and oxygen atoms in total. The second-order valence-electron chi connectivity index (χ2n) is 4.88. The topological polar surface area (TPSA) is 80.9 Å². The van der Waals surface area contributed by atoms with Crippen molar-refractivity contribution in [1.82, 2.24) is 9.97 Å². The molecule has 0 bridgehead atoms. The molecule has 0 spiro atoms. The average molecular weight is 296 g/mol. The van der Waals surface area contributed by atoms with Crippen molar-refractivity contribution in [3.05, 3.63) is 59.7 Å². The Balaban J connectivity index is 2.09. The average Bonchev–Trinajstić information content (AvgIpc) is 2.50. The number of aryl methyl sites for hydroxylation is 1. The van der Waals surface area contributed by atoms with E-state index >= 15 is 0 Å². The van der Waals surface area contributed by atoms with Crippen LogP contribution in [0.2, 0.25) is 0 Å². The van der Waals surface area contributed by atoms with Gasteiger partial charge >= 0.3 is 0 Å². The Bertz CT molecular complexity index is 879. The molecule has 22 heavy (non-hydrogen) atoms. The van der Waals surface area contributed by atoms with Gasteiger partial charge in [0.15, 0.2) is 0 Å². The minimum absolute atomic E-state index is 0.269. The maximum Gasteiger partial charge on any atom is 0.250 e. The largest absolute Gasteiger partial charge is 0.366 e. The van der Waals surface area contributed by atoms with Gasteiger partial charge in [-0.1, -0.05) is 6.07 Å². The van der Waals surface area contributed by atoms with Crippen molar-refractivity contribution < 1.29 is 9.18 Å². The van der Waals surface area contributed by atoms with Crippen LogP contribution in [0, 0.1) is 12.7 Å². The van der Waals surface area contributed by atoms with Gasteiger partial charge in [0.05, 0.1) is 11.1 Å². The van der Waals surface area contributed by atoms with Crippen molar-refractivity contribution in [2.45, 2.75) is 6.92 Å². The number of benzene rings is 2. The van der Waals surface area contributed by atoms with Gasteiger partial charge in [0.2, 0.25) is 0 Å². The minimum atomic E-state index is -0.548. The van der Waals surface area contributed by atoms with Crippen LogP contribution in [-0.4, -0.2) is 15.9 Å². The van der Waals surface area contributed by atoms with Gasteiger partial charge in [0.1, 0.15) is 18.0 Å². The van der Waals surface area contributed by atoms with Crippen LogP contribution in [0.25, 0.3) is 10.9 Å². The lowest BCUT2D eigenvalue weighted by molar-refractivity contribution is 0.100. The van der Waals surface area contributed by atoms with E-state index in [1.807, 2.05) is 0 Å². The molecule has 3 aromatic rings. The first kappa shape index (κ1) is 13.9. The first-order valence-corrected chi connectivity index (χ1v) is 6.63. The first-order chi connectivity index (χ1) is 10.6.